The first kappa shape index (κ1) is 26.6. The normalized spacial score (nSPS) is 31.6. The molecule has 8 heteroatoms. The van der Waals surface area contributed by atoms with Gasteiger partial charge in [0, 0.05) is 5.69 Å². The van der Waals surface area contributed by atoms with Gasteiger partial charge in [-0.2, -0.15) is 0 Å². The van der Waals surface area contributed by atoms with Crippen LogP contribution in [0.15, 0.2) is 18.2 Å². The lowest BCUT2D eigenvalue weighted by molar-refractivity contribution is -0.161. The number of benzene rings is 1. The molecule has 1 aromatic carbocycles. The number of amides is 2. The lowest BCUT2D eigenvalue weighted by Crippen LogP contribution is -2.56. The van der Waals surface area contributed by atoms with Gasteiger partial charge in [-0.3, -0.25) is 14.4 Å². The van der Waals surface area contributed by atoms with E-state index in [9.17, 15) is 19.5 Å². The molecule has 3 aliphatic rings. The number of aliphatic hydroxyl groups excluding tert-OH is 1. The SMILES string of the molecule is CCOC(=O)[C@H]1[C@H]2C(=O)N([C@@H](CO)CC(C)C)C(C(=O)Nc3cc(C)ccc3C)C23CC[C@]1(CC)O3. The summed E-state index contributed by atoms with van der Waals surface area (Å²) in [4.78, 5) is 43.0. The molecule has 2 amide bonds. The molecule has 0 radical (unpaired) electrons. The van der Waals surface area contributed by atoms with Crippen molar-refractivity contribution < 1.29 is 29.0 Å². The highest BCUT2D eigenvalue weighted by molar-refractivity contribution is 6.04. The zero-order valence-electron chi connectivity index (χ0n) is 22.3. The van der Waals surface area contributed by atoms with Gasteiger partial charge in [-0.1, -0.05) is 32.9 Å². The Bertz CT molecular complexity index is 1040. The summed E-state index contributed by atoms with van der Waals surface area (Å²) >= 11 is 0. The molecule has 0 aliphatic carbocycles. The lowest BCUT2D eigenvalue weighted by Gasteiger charge is -2.38. The molecule has 198 valence electrons. The van der Waals surface area contributed by atoms with Crippen LogP contribution in [0.3, 0.4) is 0 Å². The van der Waals surface area contributed by atoms with E-state index in [4.69, 9.17) is 9.47 Å². The number of hydrogen-bond acceptors (Lipinski definition) is 6. The van der Waals surface area contributed by atoms with Crippen LogP contribution in [0.2, 0.25) is 0 Å². The second-order valence-electron chi connectivity index (χ2n) is 11.1. The van der Waals surface area contributed by atoms with E-state index in [1.54, 1.807) is 6.92 Å². The van der Waals surface area contributed by atoms with Crippen molar-refractivity contribution in [1.29, 1.82) is 0 Å². The molecule has 0 aromatic heterocycles. The average Bonchev–Trinajstić information content (AvgIpc) is 3.43. The first-order valence-corrected chi connectivity index (χ1v) is 13.2. The second kappa shape index (κ2) is 9.78. The molecule has 8 nitrogen and oxygen atoms in total. The predicted octanol–water partition coefficient (Wildman–Crippen LogP) is 3.37. The maximum absolute atomic E-state index is 14.2. The van der Waals surface area contributed by atoms with Crippen LogP contribution >= 0.6 is 0 Å². The van der Waals surface area contributed by atoms with Crippen molar-refractivity contribution in [3.63, 3.8) is 0 Å². The summed E-state index contributed by atoms with van der Waals surface area (Å²) in [5.74, 6) is -2.50. The van der Waals surface area contributed by atoms with Crippen LogP contribution in [0, 0.1) is 31.6 Å². The van der Waals surface area contributed by atoms with Crippen LogP contribution in [-0.4, -0.2) is 64.3 Å². The van der Waals surface area contributed by atoms with Crippen molar-refractivity contribution in [3.05, 3.63) is 29.3 Å². The van der Waals surface area contributed by atoms with Crippen LogP contribution < -0.4 is 5.32 Å². The van der Waals surface area contributed by atoms with Crippen molar-refractivity contribution in [3.8, 4) is 0 Å². The van der Waals surface area contributed by atoms with Gasteiger partial charge in [0.2, 0.25) is 11.8 Å². The fourth-order valence-corrected chi connectivity index (χ4v) is 6.83. The number of carbonyl (C=O) groups is 3. The highest BCUT2D eigenvalue weighted by atomic mass is 16.6. The molecule has 0 saturated carbocycles. The number of aliphatic hydroxyl groups is 1. The van der Waals surface area contributed by atoms with Crippen LogP contribution in [0.4, 0.5) is 5.69 Å². The van der Waals surface area contributed by atoms with Gasteiger partial charge in [0.1, 0.15) is 17.6 Å². The van der Waals surface area contributed by atoms with E-state index in [1.165, 1.54) is 4.90 Å². The minimum atomic E-state index is -1.14. The first-order chi connectivity index (χ1) is 17.0. The molecule has 36 heavy (non-hydrogen) atoms. The van der Waals surface area contributed by atoms with Gasteiger partial charge in [-0.15, -0.1) is 0 Å². The molecular formula is C28H40N2O6. The molecule has 6 atom stereocenters. The van der Waals surface area contributed by atoms with Gasteiger partial charge in [0.15, 0.2) is 0 Å². The number of esters is 1. The summed E-state index contributed by atoms with van der Waals surface area (Å²) in [5.41, 5.74) is 0.617. The molecule has 2 N–H and O–H groups in total. The number of rotatable bonds is 9. The molecule has 3 fully saturated rings. The summed E-state index contributed by atoms with van der Waals surface area (Å²) in [6.45, 7) is 11.5. The van der Waals surface area contributed by atoms with Gasteiger partial charge < -0.3 is 24.8 Å². The van der Waals surface area contributed by atoms with E-state index in [0.717, 1.165) is 11.1 Å². The third-order valence-electron chi connectivity index (χ3n) is 8.41. The Kier molecular flexibility index (Phi) is 7.23. The van der Waals surface area contributed by atoms with E-state index < -0.39 is 41.1 Å². The number of hydrogen-bond donors (Lipinski definition) is 2. The molecule has 3 heterocycles. The Morgan fingerprint density at radius 2 is 1.97 bits per heavy atom. The summed E-state index contributed by atoms with van der Waals surface area (Å²) in [5, 5.41) is 13.4. The van der Waals surface area contributed by atoms with E-state index in [-0.39, 0.29) is 30.9 Å². The molecule has 1 spiro atoms. The Morgan fingerprint density at radius 1 is 1.25 bits per heavy atom. The smallest absolute Gasteiger partial charge is 0.312 e. The summed E-state index contributed by atoms with van der Waals surface area (Å²) < 4.78 is 12.1. The number of nitrogens with one attached hydrogen (secondary N) is 1. The summed E-state index contributed by atoms with van der Waals surface area (Å²) in [6.07, 6.45) is 2.14. The number of carbonyl (C=O) groups excluding carboxylic acids is 3. The van der Waals surface area contributed by atoms with Crippen LogP contribution in [-0.2, 0) is 23.9 Å². The van der Waals surface area contributed by atoms with Gasteiger partial charge in [0.05, 0.1) is 30.8 Å². The number of fused-ring (bicyclic) bond motifs is 1. The zero-order chi connectivity index (χ0) is 26.4. The highest BCUT2D eigenvalue weighted by Crippen LogP contribution is 2.64. The maximum Gasteiger partial charge on any atom is 0.312 e. The third kappa shape index (κ3) is 4.02. The fraction of sp³-hybridized carbons (Fsp3) is 0.679. The molecule has 3 aliphatic heterocycles. The van der Waals surface area contributed by atoms with Crippen molar-refractivity contribution in [1.82, 2.24) is 4.90 Å². The average molecular weight is 501 g/mol. The number of nitrogens with zero attached hydrogens (tertiary/aromatic N) is 1. The van der Waals surface area contributed by atoms with Crippen molar-refractivity contribution in [2.45, 2.75) is 90.5 Å². The quantitative estimate of drug-likeness (QED) is 0.504. The molecule has 1 aromatic rings. The highest BCUT2D eigenvalue weighted by Gasteiger charge is 2.79. The third-order valence-corrected chi connectivity index (χ3v) is 8.41. The van der Waals surface area contributed by atoms with Crippen molar-refractivity contribution >= 4 is 23.5 Å². The van der Waals surface area contributed by atoms with E-state index >= 15 is 0 Å². The van der Waals surface area contributed by atoms with Gasteiger partial charge in [-0.25, -0.2) is 0 Å². The van der Waals surface area contributed by atoms with Crippen LogP contribution in [0.5, 0.6) is 0 Å². The van der Waals surface area contributed by atoms with Crippen LogP contribution in [0.1, 0.15) is 64.5 Å². The minimum Gasteiger partial charge on any atom is -0.466 e. The van der Waals surface area contributed by atoms with Crippen molar-refractivity contribution in [2.24, 2.45) is 17.8 Å². The summed E-state index contributed by atoms with van der Waals surface area (Å²) in [6, 6.07) is 4.31. The Hall–Kier alpha value is -2.45. The number of anilines is 1. The molecule has 2 unspecified atom stereocenters. The van der Waals surface area contributed by atoms with Gasteiger partial charge >= 0.3 is 5.97 Å². The molecule has 2 bridgehead atoms. The number of aryl methyl sites for hydroxylation is 2. The maximum atomic E-state index is 14.2. The Morgan fingerprint density at radius 3 is 2.58 bits per heavy atom. The van der Waals surface area contributed by atoms with E-state index in [1.807, 2.05) is 52.8 Å². The Labute approximate surface area is 213 Å². The zero-order valence-corrected chi connectivity index (χ0v) is 22.3. The van der Waals surface area contributed by atoms with Gasteiger partial charge in [0.25, 0.3) is 0 Å². The standard InChI is InChI=1S/C28H40N2O6/c1-7-27-11-12-28(36-27)21(22(27)26(34)35-8-2)25(33)30(19(15-31)13-16(3)4)23(28)24(32)29-20-14-17(5)9-10-18(20)6/h9-10,14,16,19,21-23,31H,7-8,11-13,15H2,1-6H3,(H,29,32)/t19-,21+,22-,23?,27+,28?/m1/s1. The first-order valence-electron chi connectivity index (χ1n) is 13.2. The molecule has 3 saturated heterocycles. The second-order valence-corrected chi connectivity index (χ2v) is 11.1. The van der Waals surface area contributed by atoms with Crippen molar-refractivity contribution in [2.75, 3.05) is 18.5 Å². The lowest BCUT2D eigenvalue weighted by atomic mass is 9.65. The van der Waals surface area contributed by atoms with E-state index in [2.05, 4.69) is 5.32 Å². The largest absolute Gasteiger partial charge is 0.466 e. The van der Waals surface area contributed by atoms with Gasteiger partial charge in [-0.05, 0) is 69.6 Å². The van der Waals surface area contributed by atoms with E-state index in [0.29, 0.717) is 31.4 Å². The van der Waals surface area contributed by atoms with Crippen LogP contribution in [0.25, 0.3) is 0 Å². The number of ether oxygens (including phenoxy) is 2. The minimum absolute atomic E-state index is 0.190. The predicted molar refractivity (Wildman–Crippen MR) is 135 cm³/mol. The Balaban J connectivity index is 1.81. The molecular weight excluding hydrogens is 460 g/mol. The topological polar surface area (TPSA) is 105 Å². The monoisotopic (exact) mass is 500 g/mol. The number of likely N-dealkylation sites (tertiary alicyclic amines) is 1. The molecule has 4 rings (SSSR count). The fourth-order valence-electron chi connectivity index (χ4n) is 6.83. The summed E-state index contributed by atoms with van der Waals surface area (Å²) in [7, 11) is 0.